The van der Waals surface area contributed by atoms with Crippen LogP contribution in [0.2, 0.25) is 0 Å². The first-order valence-electron chi connectivity index (χ1n) is 6.98. The quantitative estimate of drug-likeness (QED) is 0.898. The van der Waals surface area contributed by atoms with E-state index in [1.807, 2.05) is 4.57 Å². The standard InChI is InChI=1S/C13H18N2O4S/c16-13(17)10-4-1-5-15-11(10)8-14-12(15)7-9-3-2-6-20(9,18)19/h8-10H,1-7H2,(H,16,17). The Morgan fingerprint density at radius 2 is 2.20 bits per heavy atom. The van der Waals surface area contributed by atoms with Crippen LogP contribution in [0.25, 0.3) is 0 Å². The summed E-state index contributed by atoms with van der Waals surface area (Å²) < 4.78 is 25.7. The summed E-state index contributed by atoms with van der Waals surface area (Å²) in [5.74, 6) is -0.347. The highest BCUT2D eigenvalue weighted by molar-refractivity contribution is 7.92. The van der Waals surface area contributed by atoms with E-state index in [9.17, 15) is 18.3 Å². The van der Waals surface area contributed by atoms with Gasteiger partial charge in [0.2, 0.25) is 0 Å². The number of imidazole rings is 1. The van der Waals surface area contributed by atoms with Crippen LogP contribution in [-0.2, 0) is 27.6 Å². The Labute approximate surface area is 117 Å². The molecule has 0 spiro atoms. The van der Waals surface area contributed by atoms with E-state index in [0.717, 1.165) is 25.2 Å². The second-order valence-corrected chi connectivity index (χ2v) is 8.02. The van der Waals surface area contributed by atoms with Crippen molar-refractivity contribution in [2.45, 2.75) is 49.8 Å². The Balaban J connectivity index is 1.88. The van der Waals surface area contributed by atoms with E-state index in [2.05, 4.69) is 4.98 Å². The summed E-state index contributed by atoms with van der Waals surface area (Å²) in [4.78, 5) is 15.5. The highest BCUT2D eigenvalue weighted by Crippen LogP contribution is 2.30. The van der Waals surface area contributed by atoms with Crippen molar-refractivity contribution in [1.82, 2.24) is 9.55 Å². The van der Waals surface area contributed by atoms with E-state index >= 15 is 0 Å². The third-order valence-corrected chi connectivity index (χ3v) is 6.65. The Morgan fingerprint density at radius 3 is 2.85 bits per heavy atom. The molecule has 6 nitrogen and oxygen atoms in total. The number of carboxylic acid groups (broad SMARTS) is 1. The van der Waals surface area contributed by atoms with Crippen LogP contribution in [0.4, 0.5) is 0 Å². The van der Waals surface area contributed by atoms with Gasteiger partial charge >= 0.3 is 5.97 Å². The van der Waals surface area contributed by atoms with Crippen LogP contribution in [0.1, 0.15) is 43.1 Å². The Kier molecular flexibility index (Phi) is 3.32. The fraction of sp³-hybridized carbons (Fsp3) is 0.692. The highest BCUT2D eigenvalue weighted by Gasteiger charge is 2.34. The van der Waals surface area contributed by atoms with Crippen molar-refractivity contribution in [3.05, 3.63) is 17.7 Å². The second-order valence-electron chi connectivity index (χ2n) is 5.62. The molecule has 0 saturated carbocycles. The smallest absolute Gasteiger partial charge is 0.312 e. The number of hydrogen-bond donors (Lipinski definition) is 1. The van der Waals surface area contributed by atoms with Gasteiger partial charge in [-0.05, 0) is 25.7 Å². The van der Waals surface area contributed by atoms with Crippen molar-refractivity contribution in [3.8, 4) is 0 Å². The number of aliphatic carboxylic acids is 1. The van der Waals surface area contributed by atoms with Crippen LogP contribution < -0.4 is 0 Å². The van der Waals surface area contributed by atoms with E-state index in [1.54, 1.807) is 6.20 Å². The Bertz CT molecular complexity index is 635. The molecular formula is C13H18N2O4S. The molecule has 1 saturated heterocycles. The summed E-state index contributed by atoms with van der Waals surface area (Å²) in [7, 11) is -2.99. The average Bonchev–Trinajstić information content (AvgIpc) is 2.94. The summed E-state index contributed by atoms with van der Waals surface area (Å²) in [6, 6.07) is 0. The molecule has 2 atom stereocenters. The van der Waals surface area contributed by atoms with Gasteiger partial charge in [-0.25, -0.2) is 13.4 Å². The molecule has 0 radical (unpaired) electrons. The minimum Gasteiger partial charge on any atom is -0.481 e. The van der Waals surface area contributed by atoms with Gasteiger partial charge in [-0.3, -0.25) is 4.79 Å². The van der Waals surface area contributed by atoms with Crippen molar-refractivity contribution >= 4 is 15.8 Å². The van der Waals surface area contributed by atoms with Gasteiger partial charge in [0.25, 0.3) is 0 Å². The summed E-state index contributed by atoms with van der Waals surface area (Å²) in [6.45, 7) is 0.737. The molecule has 20 heavy (non-hydrogen) atoms. The van der Waals surface area contributed by atoms with E-state index in [1.165, 1.54) is 0 Å². The lowest BCUT2D eigenvalue weighted by atomic mass is 9.96. The van der Waals surface area contributed by atoms with E-state index in [-0.39, 0.29) is 11.0 Å². The first-order chi connectivity index (χ1) is 9.49. The first-order valence-corrected chi connectivity index (χ1v) is 8.69. The SMILES string of the molecule is O=C(O)C1CCCn2c1cnc2CC1CCCS1(=O)=O. The lowest BCUT2D eigenvalue weighted by molar-refractivity contribution is -0.139. The van der Waals surface area contributed by atoms with Gasteiger partial charge in [-0.1, -0.05) is 0 Å². The van der Waals surface area contributed by atoms with Crippen molar-refractivity contribution in [1.29, 1.82) is 0 Å². The summed E-state index contributed by atoms with van der Waals surface area (Å²) in [5, 5.41) is 8.88. The molecule has 3 heterocycles. The number of carbonyl (C=O) groups is 1. The second kappa shape index (κ2) is 4.87. The van der Waals surface area contributed by atoms with Crippen LogP contribution in [0.15, 0.2) is 6.20 Å². The number of fused-ring (bicyclic) bond motifs is 1. The van der Waals surface area contributed by atoms with Crippen LogP contribution in [0.3, 0.4) is 0 Å². The van der Waals surface area contributed by atoms with Gasteiger partial charge in [-0.15, -0.1) is 0 Å². The minimum atomic E-state index is -2.99. The summed E-state index contributed by atoms with van der Waals surface area (Å²) in [5.41, 5.74) is 0.717. The molecule has 2 aliphatic heterocycles. The van der Waals surface area contributed by atoms with Gasteiger partial charge < -0.3 is 9.67 Å². The van der Waals surface area contributed by atoms with Crippen molar-refractivity contribution in [3.63, 3.8) is 0 Å². The number of carboxylic acids is 1. The zero-order valence-corrected chi connectivity index (χ0v) is 12.0. The fourth-order valence-electron chi connectivity index (χ4n) is 3.27. The Morgan fingerprint density at radius 1 is 1.40 bits per heavy atom. The zero-order chi connectivity index (χ0) is 14.3. The van der Waals surface area contributed by atoms with Crippen LogP contribution in [0, 0.1) is 0 Å². The Hall–Kier alpha value is -1.37. The molecule has 1 fully saturated rings. The van der Waals surface area contributed by atoms with E-state index < -0.39 is 21.7 Å². The maximum atomic E-state index is 11.9. The molecule has 110 valence electrons. The van der Waals surface area contributed by atoms with Crippen LogP contribution in [0.5, 0.6) is 0 Å². The van der Waals surface area contributed by atoms with Gasteiger partial charge in [0.05, 0.1) is 22.6 Å². The van der Waals surface area contributed by atoms with E-state index in [0.29, 0.717) is 25.0 Å². The average molecular weight is 298 g/mol. The van der Waals surface area contributed by atoms with Gasteiger partial charge in [0.15, 0.2) is 9.84 Å². The molecule has 0 amide bonds. The van der Waals surface area contributed by atoms with Crippen molar-refractivity contribution in [2.75, 3.05) is 5.75 Å². The predicted molar refractivity (Wildman–Crippen MR) is 72.4 cm³/mol. The molecule has 1 N–H and O–H groups in total. The molecule has 2 aliphatic rings. The predicted octanol–water partition coefficient (Wildman–Crippen LogP) is 0.965. The summed E-state index contributed by atoms with van der Waals surface area (Å²) in [6.07, 6.45) is 4.85. The maximum absolute atomic E-state index is 11.9. The molecule has 0 bridgehead atoms. The first kappa shape index (κ1) is 13.6. The van der Waals surface area contributed by atoms with Crippen LogP contribution in [-0.4, -0.2) is 40.0 Å². The van der Waals surface area contributed by atoms with Crippen molar-refractivity contribution in [2.24, 2.45) is 0 Å². The lowest BCUT2D eigenvalue weighted by Gasteiger charge is -2.22. The number of sulfone groups is 1. The number of rotatable bonds is 3. The highest BCUT2D eigenvalue weighted by atomic mass is 32.2. The van der Waals surface area contributed by atoms with Crippen LogP contribution >= 0.6 is 0 Å². The fourth-order valence-corrected chi connectivity index (χ4v) is 5.10. The number of hydrogen-bond acceptors (Lipinski definition) is 4. The third kappa shape index (κ3) is 2.24. The van der Waals surface area contributed by atoms with Gasteiger partial charge in [-0.2, -0.15) is 0 Å². The van der Waals surface area contributed by atoms with Gasteiger partial charge in [0.1, 0.15) is 5.82 Å². The topological polar surface area (TPSA) is 89.3 Å². The zero-order valence-electron chi connectivity index (χ0n) is 11.2. The summed E-state index contributed by atoms with van der Waals surface area (Å²) >= 11 is 0. The molecule has 2 unspecified atom stereocenters. The lowest BCUT2D eigenvalue weighted by Crippen LogP contribution is -2.25. The molecule has 7 heteroatoms. The van der Waals surface area contributed by atoms with Crippen molar-refractivity contribution < 1.29 is 18.3 Å². The largest absolute Gasteiger partial charge is 0.481 e. The molecule has 1 aromatic rings. The monoisotopic (exact) mass is 298 g/mol. The molecule has 1 aromatic heterocycles. The minimum absolute atomic E-state index is 0.267. The third-order valence-electron chi connectivity index (χ3n) is 4.37. The molecular weight excluding hydrogens is 280 g/mol. The maximum Gasteiger partial charge on any atom is 0.312 e. The van der Waals surface area contributed by atoms with E-state index in [4.69, 9.17) is 0 Å². The number of aromatic nitrogens is 2. The van der Waals surface area contributed by atoms with Gasteiger partial charge in [0, 0.05) is 19.2 Å². The molecule has 3 rings (SSSR count). The molecule has 0 aliphatic carbocycles. The molecule has 0 aromatic carbocycles. The number of nitrogens with zero attached hydrogens (tertiary/aromatic N) is 2. The normalized spacial score (nSPS) is 28.2.